The van der Waals surface area contributed by atoms with Gasteiger partial charge >= 0.3 is 8.80 Å². The van der Waals surface area contributed by atoms with Crippen molar-refractivity contribution in [1.82, 2.24) is 15.0 Å². The van der Waals surface area contributed by atoms with Crippen molar-refractivity contribution in [3.63, 3.8) is 0 Å². The standard InChI is InChI=1S/C40H45N7O10S2Si/c1-7-47(28-14-9-8-10-15-28)40-43-35(18-11-12-21-60(55-4,56-5)57-6)42-39(44-40)41-32-23-25(2)22-27-24-34(59(52,53)54)37(38(48)36(27)32)46-45-31-20-19-30-29(26(31)3)16-13-17-33(30)58(49,50)51/h8-10,13-17,19-20,22-24,48H,7,11-12,18,21H2,1-6H3,(H,49,50,51)(H,52,53,54)(H,41,42,43,44). The minimum atomic E-state index is -4.97. The van der Waals surface area contributed by atoms with Crippen LogP contribution in [-0.4, -0.2) is 82.7 Å². The van der Waals surface area contributed by atoms with Crippen LogP contribution in [0.25, 0.3) is 21.5 Å². The van der Waals surface area contributed by atoms with Crippen LogP contribution in [0.5, 0.6) is 5.75 Å². The summed E-state index contributed by atoms with van der Waals surface area (Å²) in [4.78, 5) is 15.3. The average Bonchev–Trinajstić information content (AvgIpc) is 3.21. The highest BCUT2D eigenvalue weighted by atomic mass is 32.2. The van der Waals surface area contributed by atoms with Crippen LogP contribution >= 0.6 is 0 Å². The molecule has 20 heteroatoms. The zero-order valence-electron chi connectivity index (χ0n) is 33.7. The van der Waals surface area contributed by atoms with Crippen molar-refractivity contribution in [2.24, 2.45) is 10.2 Å². The molecule has 0 aliphatic rings. The Morgan fingerprint density at radius 1 is 0.783 bits per heavy atom. The lowest BCUT2D eigenvalue weighted by atomic mass is 10.0. The number of rotatable bonds is 17. The van der Waals surface area contributed by atoms with E-state index in [4.69, 9.17) is 28.2 Å². The van der Waals surface area contributed by atoms with Crippen LogP contribution < -0.4 is 10.2 Å². The zero-order chi connectivity index (χ0) is 43.4. The lowest BCUT2D eigenvalue weighted by Gasteiger charge is -2.24. The van der Waals surface area contributed by atoms with Gasteiger partial charge in [0.05, 0.1) is 11.4 Å². The highest BCUT2D eigenvalue weighted by Gasteiger charge is 2.36. The Morgan fingerprint density at radius 3 is 2.13 bits per heavy atom. The number of aryl methyl sites for hydroxylation is 3. The molecule has 0 radical (unpaired) electrons. The maximum Gasteiger partial charge on any atom is 0.500 e. The van der Waals surface area contributed by atoms with Crippen LogP contribution in [0.3, 0.4) is 0 Å². The summed E-state index contributed by atoms with van der Waals surface area (Å²) < 4.78 is 86.5. The first-order valence-electron chi connectivity index (χ1n) is 18.7. The van der Waals surface area contributed by atoms with Gasteiger partial charge in [-0.25, -0.2) is 0 Å². The van der Waals surface area contributed by atoms with Crippen LogP contribution in [0.15, 0.2) is 98.9 Å². The van der Waals surface area contributed by atoms with Gasteiger partial charge in [0.1, 0.15) is 21.3 Å². The van der Waals surface area contributed by atoms with Gasteiger partial charge in [-0.1, -0.05) is 42.5 Å². The lowest BCUT2D eigenvalue weighted by molar-refractivity contribution is 0.123. The highest BCUT2D eigenvalue weighted by molar-refractivity contribution is 7.86. The average molecular weight is 876 g/mol. The van der Waals surface area contributed by atoms with Gasteiger partial charge in [0.25, 0.3) is 20.2 Å². The number of aromatic nitrogens is 3. The van der Waals surface area contributed by atoms with Crippen molar-refractivity contribution in [3.8, 4) is 5.75 Å². The molecule has 0 unspecified atom stereocenters. The SMILES string of the molecule is CCN(c1ccccc1)c1nc(CCCC[Si](OC)(OC)OC)nc(Nc2cc(C)cc3cc(S(=O)(=O)O)c(N=Nc4ccc5c(S(=O)(=O)O)cccc5c4C)c(O)c23)n1. The van der Waals surface area contributed by atoms with Gasteiger partial charge in [0.2, 0.25) is 11.9 Å². The van der Waals surface area contributed by atoms with E-state index in [-0.39, 0.29) is 32.7 Å². The van der Waals surface area contributed by atoms with E-state index in [1.807, 2.05) is 42.2 Å². The van der Waals surface area contributed by atoms with E-state index in [9.17, 15) is 31.0 Å². The molecule has 1 heterocycles. The summed E-state index contributed by atoms with van der Waals surface area (Å²) in [6.07, 6.45) is 1.84. The molecule has 4 N–H and O–H groups in total. The molecule has 0 amide bonds. The van der Waals surface area contributed by atoms with Gasteiger partial charge in [0, 0.05) is 56.8 Å². The first kappa shape index (κ1) is 44.1. The van der Waals surface area contributed by atoms with Crippen LogP contribution in [0.2, 0.25) is 6.04 Å². The number of phenols is 1. The number of nitrogens with zero attached hydrogens (tertiary/aromatic N) is 6. The number of aromatic hydroxyl groups is 1. The minimum absolute atomic E-state index is 0.133. The molecule has 0 aliphatic heterocycles. The first-order valence-corrected chi connectivity index (χ1v) is 23.5. The summed E-state index contributed by atoms with van der Waals surface area (Å²) in [5.41, 5.74) is 1.91. The van der Waals surface area contributed by atoms with Gasteiger partial charge in [-0.3, -0.25) is 9.11 Å². The number of unbranched alkanes of at least 4 members (excludes halogenated alkanes) is 1. The Bertz CT molecular complexity index is 2800. The smallest absolute Gasteiger partial charge is 0.500 e. The van der Waals surface area contributed by atoms with Gasteiger partial charge in [-0.2, -0.15) is 36.9 Å². The third-order valence-corrected chi connectivity index (χ3v) is 14.6. The van der Waals surface area contributed by atoms with E-state index < -0.39 is 45.4 Å². The molecule has 0 spiro atoms. The second-order valence-corrected chi connectivity index (χ2v) is 19.6. The summed E-state index contributed by atoms with van der Waals surface area (Å²) in [5, 5.41) is 24.5. The Labute approximate surface area is 349 Å². The van der Waals surface area contributed by atoms with Crippen molar-refractivity contribution in [1.29, 1.82) is 0 Å². The molecule has 0 atom stereocenters. The van der Waals surface area contributed by atoms with Crippen LogP contribution in [0.1, 0.15) is 36.7 Å². The van der Waals surface area contributed by atoms with E-state index in [1.54, 1.807) is 53.4 Å². The molecular formula is C40H45N7O10S2Si. The Hall–Kier alpha value is -5.45. The molecule has 0 saturated heterocycles. The summed E-state index contributed by atoms with van der Waals surface area (Å²) in [5.74, 6) is 0.372. The maximum absolute atomic E-state index is 12.8. The fraction of sp³-hybridized carbons (Fsp3) is 0.275. The van der Waals surface area contributed by atoms with Crippen LogP contribution in [0, 0.1) is 13.8 Å². The van der Waals surface area contributed by atoms with Crippen molar-refractivity contribution in [3.05, 3.63) is 95.8 Å². The van der Waals surface area contributed by atoms with E-state index in [0.29, 0.717) is 65.8 Å². The second kappa shape index (κ2) is 18.0. The molecule has 6 rings (SSSR count). The summed E-state index contributed by atoms with van der Waals surface area (Å²) in [6, 6.07) is 22.0. The second-order valence-electron chi connectivity index (χ2n) is 13.8. The quantitative estimate of drug-likeness (QED) is 0.0291. The number of hydrogen-bond donors (Lipinski definition) is 4. The number of hydrogen-bond acceptors (Lipinski definition) is 15. The summed E-state index contributed by atoms with van der Waals surface area (Å²) in [6.45, 7) is 5.91. The van der Waals surface area contributed by atoms with Crippen molar-refractivity contribution in [2.45, 2.75) is 55.9 Å². The third kappa shape index (κ3) is 9.45. The molecule has 0 fully saturated rings. The van der Waals surface area contributed by atoms with Crippen molar-refractivity contribution >= 4 is 85.2 Å². The monoisotopic (exact) mass is 875 g/mol. The third-order valence-electron chi connectivity index (χ3n) is 9.98. The molecule has 0 bridgehead atoms. The van der Waals surface area contributed by atoms with E-state index >= 15 is 0 Å². The van der Waals surface area contributed by atoms with Gasteiger partial charge in [-0.05, 0) is 91.9 Å². The van der Waals surface area contributed by atoms with Gasteiger partial charge < -0.3 is 28.6 Å². The summed E-state index contributed by atoms with van der Waals surface area (Å²) in [7, 11) is -7.60. The molecular weight excluding hydrogens is 831 g/mol. The Kier molecular flexibility index (Phi) is 13.3. The number of para-hydroxylation sites is 1. The molecule has 60 heavy (non-hydrogen) atoms. The number of azo groups is 1. The molecule has 0 aliphatic carbocycles. The van der Waals surface area contributed by atoms with E-state index in [1.165, 1.54) is 30.3 Å². The largest absolute Gasteiger partial charge is 0.505 e. The van der Waals surface area contributed by atoms with Crippen molar-refractivity contribution < 1.29 is 44.3 Å². The number of fused-ring (bicyclic) bond motifs is 2. The predicted molar refractivity (Wildman–Crippen MR) is 230 cm³/mol. The number of benzene rings is 5. The number of anilines is 4. The fourth-order valence-electron chi connectivity index (χ4n) is 6.98. The molecule has 0 saturated carbocycles. The number of phenolic OH excluding ortho intramolecular Hbond substituents is 1. The molecule has 6 aromatic rings. The van der Waals surface area contributed by atoms with E-state index in [2.05, 4.69) is 15.5 Å². The van der Waals surface area contributed by atoms with Crippen LogP contribution in [-0.2, 0) is 39.9 Å². The van der Waals surface area contributed by atoms with E-state index in [0.717, 1.165) is 5.69 Å². The Balaban J connectivity index is 1.45. The Morgan fingerprint density at radius 2 is 1.48 bits per heavy atom. The van der Waals surface area contributed by atoms with Crippen LogP contribution in [0.4, 0.5) is 34.6 Å². The molecule has 17 nitrogen and oxygen atoms in total. The summed E-state index contributed by atoms with van der Waals surface area (Å²) >= 11 is 0. The molecule has 316 valence electrons. The molecule has 5 aromatic carbocycles. The maximum atomic E-state index is 12.8. The van der Waals surface area contributed by atoms with Gasteiger partial charge in [-0.15, -0.1) is 5.11 Å². The lowest BCUT2D eigenvalue weighted by Crippen LogP contribution is -2.42. The molecule has 1 aromatic heterocycles. The fourth-order valence-corrected chi connectivity index (χ4v) is 10.1. The normalized spacial score (nSPS) is 12.5. The van der Waals surface area contributed by atoms with Gasteiger partial charge in [0.15, 0.2) is 5.75 Å². The first-order chi connectivity index (χ1) is 28.5. The topological polar surface area (TPSA) is 235 Å². The highest BCUT2D eigenvalue weighted by Crippen LogP contribution is 2.45. The minimum Gasteiger partial charge on any atom is -0.505 e. The zero-order valence-corrected chi connectivity index (χ0v) is 36.4. The van der Waals surface area contributed by atoms with Crippen molar-refractivity contribution in [2.75, 3.05) is 38.1 Å². The number of nitrogens with one attached hydrogen (secondary N) is 1. The predicted octanol–water partition coefficient (Wildman–Crippen LogP) is 8.51.